The second kappa shape index (κ2) is 5.91. The molecule has 3 heteroatoms. The summed E-state index contributed by atoms with van der Waals surface area (Å²) in [4.78, 5) is 11.8. The van der Waals surface area contributed by atoms with E-state index in [-0.39, 0.29) is 5.91 Å². The van der Waals surface area contributed by atoms with Gasteiger partial charge < -0.3 is 9.88 Å². The van der Waals surface area contributed by atoms with Crippen LogP contribution in [0.1, 0.15) is 26.3 Å². The summed E-state index contributed by atoms with van der Waals surface area (Å²) in [6.07, 6.45) is 3.02. The van der Waals surface area contributed by atoms with E-state index in [0.29, 0.717) is 12.5 Å². The number of carbonyl (C=O) groups is 1. The van der Waals surface area contributed by atoms with E-state index in [2.05, 4.69) is 50.4 Å². The Balaban J connectivity index is 2.11. The second-order valence-corrected chi connectivity index (χ2v) is 5.39. The Morgan fingerprint density at radius 2 is 2.11 bits per heavy atom. The highest BCUT2D eigenvalue weighted by atomic mass is 16.1. The summed E-state index contributed by atoms with van der Waals surface area (Å²) < 4.78 is 2.00. The molecule has 0 radical (unpaired) electrons. The monoisotopic (exact) mass is 258 g/mol. The summed E-state index contributed by atoms with van der Waals surface area (Å²) in [6, 6.07) is 8.50. The first-order valence-corrected chi connectivity index (χ1v) is 6.94. The molecule has 1 aromatic heterocycles. The van der Waals surface area contributed by atoms with Gasteiger partial charge in [-0.15, -0.1) is 0 Å². The highest BCUT2D eigenvalue weighted by Gasteiger charge is 2.06. The Hall–Kier alpha value is -1.77. The lowest BCUT2D eigenvalue weighted by Crippen LogP contribution is -2.30. The van der Waals surface area contributed by atoms with Gasteiger partial charge in [-0.25, -0.2) is 0 Å². The zero-order chi connectivity index (χ0) is 13.8. The average molecular weight is 258 g/mol. The van der Waals surface area contributed by atoms with Crippen LogP contribution >= 0.6 is 0 Å². The zero-order valence-corrected chi connectivity index (χ0v) is 11.9. The Morgan fingerprint density at radius 1 is 1.32 bits per heavy atom. The molecule has 19 heavy (non-hydrogen) atoms. The van der Waals surface area contributed by atoms with Crippen LogP contribution in [0.15, 0.2) is 30.5 Å². The van der Waals surface area contributed by atoms with Gasteiger partial charge in [-0.2, -0.15) is 0 Å². The summed E-state index contributed by atoms with van der Waals surface area (Å²) in [7, 11) is 0. The lowest BCUT2D eigenvalue weighted by Gasteiger charge is -2.09. The van der Waals surface area contributed by atoms with Crippen molar-refractivity contribution >= 4 is 16.8 Å². The third-order valence-electron chi connectivity index (χ3n) is 3.27. The molecule has 1 aromatic carbocycles. The van der Waals surface area contributed by atoms with E-state index in [1.165, 1.54) is 10.9 Å². The molecule has 3 nitrogen and oxygen atoms in total. The normalized spacial score (nSPS) is 11.2. The van der Waals surface area contributed by atoms with E-state index in [4.69, 9.17) is 0 Å². The largest absolute Gasteiger partial charge is 0.354 e. The Bertz CT molecular complexity index is 569. The maximum Gasteiger partial charge on any atom is 0.239 e. The van der Waals surface area contributed by atoms with Crippen molar-refractivity contribution in [2.24, 2.45) is 5.92 Å². The molecule has 0 aliphatic heterocycles. The number of nitrogens with zero attached hydrogens (tertiary/aromatic N) is 1. The third kappa shape index (κ3) is 3.37. The van der Waals surface area contributed by atoms with Crippen LogP contribution in [0.25, 0.3) is 10.9 Å². The molecule has 0 aliphatic rings. The summed E-state index contributed by atoms with van der Waals surface area (Å²) in [5.41, 5.74) is 2.45. The molecule has 1 N–H and O–H groups in total. The molecule has 0 bridgehead atoms. The van der Waals surface area contributed by atoms with E-state index < -0.39 is 0 Å². The van der Waals surface area contributed by atoms with Crippen LogP contribution in [-0.4, -0.2) is 17.0 Å². The number of amides is 1. The van der Waals surface area contributed by atoms with Gasteiger partial charge in [0.1, 0.15) is 6.54 Å². The molecule has 0 saturated carbocycles. The summed E-state index contributed by atoms with van der Waals surface area (Å²) in [5.74, 6) is 0.559. The van der Waals surface area contributed by atoms with Gasteiger partial charge >= 0.3 is 0 Å². The van der Waals surface area contributed by atoms with E-state index >= 15 is 0 Å². The topological polar surface area (TPSA) is 34.0 Å². The second-order valence-electron chi connectivity index (χ2n) is 5.39. The van der Waals surface area contributed by atoms with Crippen LogP contribution in [0.3, 0.4) is 0 Å². The van der Waals surface area contributed by atoms with Gasteiger partial charge in [-0.3, -0.25) is 4.79 Å². The first kappa shape index (κ1) is 13.7. The fourth-order valence-corrected chi connectivity index (χ4v) is 2.14. The van der Waals surface area contributed by atoms with Gasteiger partial charge in [0.25, 0.3) is 0 Å². The van der Waals surface area contributed by atoms with Crippen LogP contribution in [0.5, 0.6) is 0 Å². The Labute approximate surface area is 114 Å². The molecular weight excluding hydrogens is 236 g/mol. The summed E-state index contributed by atoms with van der Waals surface area (Å²) >= 11 is 0. The molecule has 0 aliphatic carbocycles. The first-order valence-electron chi connectivity index (χ1n) is 6.94. The minimum atomic E-state index is 0.0748. The molecule has 0 spiro atoms. The molecule has 0 fully saturated rings. The van der Waals surface area contributed by atoms with Gasteiger partial charge in [0, 0.05) is 18.3 Å². The number of nitrogens with one attached hydrogen (secondary N) is 1. The van der Waals surface area contributed by atoms with Gasteiger partial charge in [-0.1, -0.05) is 26.8 Å². The smallest absolute Gasteiger partial charge is 0.239 e. The van der Waals surface area contributed by atoms with Gasteiger partial charge in [0.05, 0.1) is 0 Å². The number of hydrogen-bond acceptors (Lipinski definition) is 1. The zero-order valence-electron chi connectivity index (χ0n) is 11.9. The van der Waals surface area contributed by atoms with Crippen molar-refractivity contribution < 1.29 is 4.79 Å². The van der Waals surface area contributed by atoms with Crippen LogP contribution in [0.2, 0.25) is 0 Å². The quantitative estimate of drug-likeness (QED) is 0.879. The molecular formula is C16H22N2O. The Morgan fingerprint density at radius 3 is 2.79 bits per heavy atom. The molecule has 102 valence electrons. The predicted molar refractivity (Wildman–Crippen MR) is 79.2 cm³/mol. The van der Waals surface area contributed by atoms with Crippen molar-refractivity contribution in [1.82, 2.24) is 9.88 Å². The standard InChI is InChI=1S/C16H22N2O/c1-4-13-5-6-15-14(9-13)7-8-18(15)11-16(19)17-10-12(2)3/h5-9,12H,4,10-11H2,1-3H3,(H,17,19). The van der Waals surface area contributed by atoms with E-state index in [1.807, 2.05) is 10.8 Å². The lowest BCUT2D eigenvalue weighted by atomic mass is 10.1. The maximum absolute atomic E-state index is 11.8. The summed E-state index contributed by atoms with van der Waals surface area (Å²) in [5, 5.41) is 4.15. The van der Waals surface area contributed by atoms with Crippen LogP contribution < -0.4 is 5.32 Å². The minimum Gasteiger partial charge on any atom is -0.354 e. The lowest BCUT2D eigenvalue weighted by molar-refractivity contribution is -0.121. The number of aryl methyl sites for hydroxylation is 1. The SMILES string of the molecule is CCc1ccc2c(ccn2CC(=O)NCC(C)C)c1. The predicted octanol–water partition coefficient (Wildman–Crippen LogP) is 2.98. The molecule has 1 heterocycles. The molecule has 0 saturated heterocycles. The fourth-order valence-electron chi connectivity index (χ4n) is 2.14. The van der Waals surface area contributed by atoms with Crippen LogP contribution in [-0.2, 0) is 17.8 Å². The number of carbonyl (C=O) groups excluding carboxylic acids is 1. The van der Waals surface area contributed by atoms with Crippen molar-refractivity contribution in [1.29, 1.82) is 0 Å². The van der Waals surface area contributed by atoms with Gasteiger partial charge in [0.15, 0.2) is 0 Å². The van der Waals surface area contributed by atoms with E-state index in [1.54, 1.807) is 0 Å². The van der Waals surface area contributed by atoms with Crippen molar-refractivity contribution in [3.8, 4) is 0 Å². The molecule has 2 rings (SSSR count). The van der Waals surface area contributed by atoms with Crippen LogP contribution in [0.4, 0.5) is 0 Å². The molecule has 1 amide bonds. The molecule has 0 atom stereocenters. The van der Waals surface area contributed by atoms with Crippen molar-refractivity contribution in [2.45, 2.75) is 33.7 Å². The number of rotatable bonds is 5. The number of fused-ring (bicyclic) bond motifs is 1. The average Bonchev–Trinajstić information content (AvgIpc) is 2.78. The van der Waals surface area contributed by atoms with E-state index in [0.717, 1.165) is 18.5 Å². The van der Waals surface area contributed by atoms with Crippen molar-refractivity contribution in [2.75, 3.05) is 6.54 Å². The van der Waals surface area contributed by atoms with Crippen molar-refractivity contribution in [3.05, 3.63) is 36.0 Å². The van der Waals surface area contributed by atoms with Crippen molar-refractivity contribution in [3.63, 3.8) is 0 Å². The Kier molecular flexibility index (Phi) is 4.25. The highest BCUT2D eigenvalue weighted by molar-refractivity contribution is 5.83. The molecule has 0 unspecified atom stereocenters. The number of aromatic nitrogens is 1. The fraction of sp³-hybridized carbons (Fsp3) is 0.438. The van der Waals surface area contributed by atoms with Gasteiger partial charge in [0.2, 0.25) is 5.91 Å². The highest BCUT2D eigenvalue weighted by Crippen LogP contribution is 2.18. The number of benzene rings is 1. The molecule has 2 aromatic rings. The minimum absolute atomic E-state index is 0.0748. The third-order valence-corrected chi connectivity index (χ3v) is 3.27. The van der Waals surface area contributed by atoms with Gasteiger partial charge in [-0.05, 0) is 41.5 Å². The number of hydrogen-bond donors (Lipinski definition) is 1. The maximum atomic E-state index is 11.8. The van der Waals surface area contributed by atoms with Crippen LogP contribution in [0, 0.1) is 5.92 Å². The summed E-state index contributed by atoms with van der Waals surface area (Å²) in [6.45, 7) is 7.46. The van der Waals surface area contributed by atoms with E-state index in [9.17, 15) is 4.79 Å². The first-order chi connectivity index (χ1) is 9.10.